The second-order valence-electron chi connectivity index (χ2n) is 9.23. The van der Waals surface area contributed by atoms with Gasteiger partial charge in [0.15, 0.2) is 5.82 Å². The fourth-order valence-corrected chi connectivity index (χ4v) is 4.51. The number of carbonyl (C=O) groups excluding carboxylic acids is 1. The Morgan fingerprint density at radius 3 is 2.46 bits per heavy atom. The highest BCUT2D eigenvalue weighted by atomic mass is 19.4. The minimum absolute atomic E-state index is 0.0794. The summed E-state index contributed by atoms with van der Waals surface area (Å²) in [5.41, 5.74) is 1.12. The van der Waals surface area contributed by atoms with Gasteiger partial charge >= 0.3 is 18.2 Å². The van der Waals surface area contributed by atoms with Gasteiger partial charge in [-0.3, -0.25) is 10.1 Å². The van der Waals surface area contributed by atoms with Gasteiger partial charge in [0.1, 0.15) is 6.07 Å². The van der Waals surface area contributed by atoms with Gasteiger partial charge in [-0.2, -0.15) is 18.4 Å². The number of alkyl halides is 3. The van der Waals surface area contributed by atoms with Crippen molar-refractivity contribution in [1.29, 1.82) is 5.26 Å². The molecular weight excluding hydrogens is 515 g/mol. The number of amides is 2. The molecule has 13 heteroatoms. The van der Waals surface area contributed by atoms with Crippen LogP contribution in [0.5, 0.6) is 0 Å². The van der Waals surface area contributed by atoms with E-state index >= 15 is 0 Å². The van der Waals surface area contributed by atoms with Crippen LogP contribution in [-0.4, -0.2) is 45.2 Å². The third-order valence-corrected chi connectivity index (χ3v) is 6.53. The monoisotopic (exact) mass is 541 g/mol. The molecular formula is C26H26F3N7O3. The van der Waals surface area contributed by atoms with Gasteiger partial charge in [-0.1, -0.05) is 5.21 Å². The van der Waals surface area contributed by atoms with E-state index in [1.165, 1.54) is 23.0 Å². The summed E-state index contributed by atoms with van der Waals surface area (Å²) in [6, 6.07) is 10.9. The maximum absolute atomic E-state index is 12.8. The first-order chi connectivity index (χ1) is 18.6. The summed E-state index contributed by atoms with van der Waals surface area (Å²) in [5, 5.41) is 31.3. The number of anilines is 3. The number of urea groups is 1. The molecule has 0 radical (unpaired) electrons. The van der Waals surface area contributed by atoms with Gasteiger partial charge in [-0.05, 0) is 74.1 Å². The van der Waals surface area contributed by atoms with E-state index in [2.05, 4.69) is 31.9 Å². The smallest absolute Gasteiger partial charge is 0.416 e. The van der Waals surface area contributed by atoms with Gasteiger partial charge in [0.25, 0.3) is 0 Å². The Kier molecular flexibility index (Phi) is 8.33. The maximum Gasteiger partial charge on any atom is 0.416 e. The fourth-order valence-electron chi connectivity index (χ4n) is 4.51. The number of aromatic nitrogens is 3. The first kappa shape index (κ1) is 27.4. The van der Waals surface area contributed by atoms with Crippen molar-refractivity contribution in [3.8, 4) is 11.8 Å². The topological polar surface area (TPSA) is 136 Å². The van der Waals surface area contributed by atoms with E-state index < -0.39 is 23.7 Å². The van der Waals surface area contributed by atoms with Crippen LogP contribution in [0.1, 0.15) is 43.2 Å². The zero-order valence-electron chi connectivity index (χ0n) is 20.8. The van der Waals surface area contributed by atoms with Crippen LogP contribution in [0.4, 0.5) is 35.2 Å². The van der Waals surface area contributed by atoms with E-state index in [0.717, 1.165) is 50.2 Å². The number of rotatable bonds is 8. The largest absolute Gasteiger partial charge is 0.481 e. The molecule has 1 aliphatic rings. The molecule has 2 amide bonds. The summed E-state index contributed by atoms with van der Waals surface area (Å²) in [6.45, 7) is 1.52. The van der Waals surface area contributed by atoms with Crippen LogP contribution >= 0.6 is 0 Å². The number of piperidine rings is 1. The zero-order valence-corrected chi connectivity index (χ0v) is 20.8. The third-order valence-electron chi connectivity index (χ3n) is 6.53. The summed E-state index contributed by atoms with van der Waals surface area (Å²) in [5.74, 6) is -0.235. The second-order valence-corrected chi connectivity index (χ2v) is 9.23. The molecule has 1 saturated heterocycles. The van der Waals surface area contributed by atoms with Crippen molar-refractivity contribution < 1.29 is 27.9 Å². The predicted molar refractivity (Wildman–Crippen MR) is 137 cm³/mol. The lowest BCUT2D eigenvalue weighted by Crippen LogP contribution is -2.34. The highest BCUT2D eigenvalue weighted by molar-refractivity contribution is 5.99. The van der Waals surface area contributed by atoms with Gasteiger partial charge in [0, 0.05) is 25.2 Å². The standard InChI is InChI=1S/C26H26F3N7O3/c27-26(28,29)19-4-7-21(8-5-19)36-16-23(33-34-36)32-25(39)31-20-6-9-22(18(14-20)15-30)35-12-10-17(11-13-35)2-1-3-24(37)38/h4-9,14,16-17H,1-3,10-13H2,(H,37,38)(H2,31,32,39). The lowest BCUT2D eigenvalue weighted by molar-refractivity contribution is -0.138. The minimum atomic E-state index is -4.45. The van der Waals surface area contributed by atoms with Crippen molar-refractivity contribution >= 4 is 29.2 Å². The molecule has 0 saturated carbocycles. The summed E-state index contributed by atoms with van der Waals surface area (Å²) in [4.78, 5) is 25.3. The zero-order chi connectivity index (χ0) is 28.0. The van der Waals surface area contributed by atoms with Gasteiger partial charge in [0.05, 0.1) is 28.7 Å². The van der Waals surface area contributed by atoms with Crippen LogP contribution in [0, 0.1) is 17.2 Å². The van der Waals surface area contributed by atoms with Gasteiger partial charge in [-0.15, -0.1) is 5.10 Å². The molecule has 0 atom stereocenters. The molecule has 39 heavy (non-hydrogen) atoms. The van der Waals surface area contributed by atoms with Gasteiger partial charge in [0.2, 0.25) is 0 Å². The minimum Gasteiger partial charge on any atom is -0.481 e. The van der Waals surface area contributed by atoms with E-state index in [-0.39, 0.29) is 12.2 Å². The van der Waals surface area contributed by atoms with E-state index in [9.17, 15) is 28.0 Å². The number of nitriles is 1. The molecule has 0 spiro atoms. The SMILES string of the molecule is N#Cc1cc(NC(=O)Nc2cn(-c3ccc(C(F)(F)F)cc3)nn2)ccc1N1CCC(CCCC(=O)O)CC1. The predicted octanol–water partition coefficient (Wildman–Crippen LogP) is 5.27. The molecule has 1 aliphatic heterocycles. The molecule has 204 valence electrons. The van der Waals surface area contributed by atoms with Crippen molar-refractivity contribution in [2.75, 3.05) is 28.6 Å². The van der Waals surface area contributed by atoms with Crippen molar-refractivity contribution in [3.63, 3.8) is 0 Å². The maximum atomic E-state index is 12.8. The molecule has 1 aromatic heterocycles. The molecule has 10 nitrogen and oxygen atoms in total. The average Bonchev–Trinajstić information content (AvgIpc) is 3.36. The molecule has 3 aromatic rings. The Morgan fingerprint density at radius 1 is 1.10 bits per heavy atom. The molecule has 1 fully saturated rings. The molecule has 2 heterocycles. The number of nitrogens with one attached hydrogen (secondary N) is 2. The van der Waals surface area contributed by atoms with E-state index in [4.69, 9.17) is 5.11 Å². The summed E-state index contributed by atoms with van der Waals surface area (Å²) in [7, 11) is 0. The number of halogens is 3. The number of carbonyl (C=O) groups is 2. The quantitative estimate of drug-likeness (QED) is 0.353. The Hall–Kier alpha value is -4.60. The summed E-state index contributed by atoms with van der Waals surface area (Å²) < 4.78 is 39.5. The first-order valence-electron chi connectivity index (χ1n) is 12.3. The highest BCUT2D eigenvalue weighted by Crippen LogP contribution is 2.31. The number of carboxylic acids is 1. The first-order valence-corrected chi connectivity index (χ1v) is 12.3. The summed E-state index contributed by atoms with van der Waals surface area (Å²) in [6.07, 6.45) is 0.463. The molecule has 4 rings (SSSR count). The Labute approximate surface area is 222 Å². The van der Waals surface area contributed by atoms with E-state index in [1.54, 1.807) is 18.2 Å². The van der Waals surface area contributed by atoms with Crippen molar-refractivity contribution in [3.05, 3.63) is 59.8 Å². The van der Waals surface area contributed by atoms with Crippen molar-refractivity contribution in [1.82, 2.24) is 15.0 Å². The molecule has 0 aliphatic carbocycles. The molecule has 0 unspecified atom stereocenters. The Balaban J connectivity index is 1.32. The Bertz CT molecular complexity index is 1360. The fraction of sp³-hybridized carbons (Fsp3) is 0.346. The number of carboxylic acid groups (broad SMARTS) is 1. The van der Waals surface area contributed by atoms with Gasteiger partial charge in [-0.25, -0.2) is 9.48 Å². The number of hydrogen-bond donors (Lipinski definition) is 3. The average molecular weight is 542 g/mol. The lowest BCUT2D eigenvalue weighted by Gasteiger charge is -2.34. The second kappa shape index (κ2) is 11.8. The van der Waals surface area contributed by atoms with Crippen LogP contribution < -0.4 is 15.5 Å². The lowest BCUT2D eigenvalue weighted by atomic mass is 9.91. The van der Waals surface area contributed by atoms with Crippen LogP contribution in [0.15, 0.2) is 48.7 Å². The van der Waals surface area contributed by atoms with Crippen LogP contribution in [0.25, 0.3) is 5.69 Å². The highest BCUT2D eigenvalue weighted by Gasteiger charge is 2.30. The third kappa shape index (κ3) is 7.25. The number of hydrogen-bond acceptors (Lipinski definition) is 6. The number of benzene rings is 2. The molecule has 3 N–H and O–H groups in total. The van der Waals surface area contributed by atoms with Crippen molar-refractivity contribution in [2.45, 2.75) is 38.3 Å². The van der Waals surface area contributed by atoms with Crippen LogP contribution in [0.2, 0.25) is 0 Å². The van der Waals surface area contributed by atoms with E-state index in [1.807, 2.05) is 0 Å². The summed E-state index contributed by atoms with van der Waals surface area (Å²) >= 11 is 0. The van der Waals surface area contributed by atoms with Crippen molar-refractivity contribution in [2.24, 2.45) is 5.92 Å². The van der Waals surface area contributed by atoms with E-state index in [0.29, 0.717) is 29.3 Å². The normalized spacial score (nSPS) is 14.1. The molecule has 2 aromatic carbocycles. The Morgan fingerprint density at radius 2 is 1.82 bits per heavy atom. The van der Waals surface area contributed by atoms with Crippen LogP contribution in [0.3, 0.4) is 0 Å². The number of nitrogens with zero attached hydrogens (tertiary/aromatic N) is 5. The van der Waals surface area contributed by atoms with Crippen LogP contribution in [-0.2, 0) is 11.0 Å². The molecule has 0 bridgehead atoms. The van der Waals surface area contributed by atoms with Gasteiger partial charge < -0.3 is 15.3 Å². The number of aliphatic carboxylic acids is 1.